The fourth-order valence-electron chi connectivity index (χ4n) is 4.07. The molecule has 0 saturated heterocycles. The molecule has 1 saturated carbocycles. The van der Waals surface area contributed by atoms with Crippen LogP contribution in [0, 0.1) is 0 Å². The normalized spacial score (nSPS) is 17.6. The summed E-state index contributed by atoms with van der Waals surface area (Å²) in [7, 11) is 0. The molecule has 0 bridgehead atoms. The van der Waals surface area contributed by atoms with E-state index in [0.29, 0.717) is 18.7 Å². The predicted molar refractivity (Wildman–Crippen MR) is 114 cm³/mol. The number of carbonyl (C=O) groups excluding carboxylic acids is 3. The van der Waals surface area contributed by atoms with Gasteiger partial charge < -0.3 is 15.1 Å². The minimum absolute atomic E-state index is 0.0724. The van der Waals surface area contributed by atoms with Crippen LogP contribution in [-0.2, 0) is 16.1 Å². The smallest absolute Gasteiger partial charge is 0.255 e. The molecule has 0 radical (unpaired) electrons. The zero-order valence-electron chi connectivity index (χ0n) is 17.2. The van der Waals surface area contributed by atoms with Crippen molar-refractivity contribution < 1.29 is 14.4 Å². The molecule has 1 unspecified atom stereocenters. The Labute approximate surface area is 176 Å². The van der Waals surface area contributed by atoms with Crippen molar-refractivity contribution >= 4 is 17.7 Å². The predicted octanol–water partition coefficient (Wildman–Crippen LogP) is 2.90. The molecular formula is C24H27N3O3. The van der Waals surface area contributed by atoms with Crippen molar-refractivity contribution in [2.45, 2.75) is 44.8 Å². The van der Waals surface area contributed by atoms with E-state index in [0.717, 1.165) is 30.4 Å². The lowest BCUT2D eigenvalue weighted by atomic mass is 10.0. The molecular weight excluding hydrogens is 378 g/mol. The quantitative estimate of drug-likeness (QED) is 0.734. The third kappa shape index (κ3) is 4.08. The Morgan fingerprint density at radius 3 is 2.47 bits per heavy atom. The second kappa shape index (κ2) is 8.69. The van der Waals surface area contributed by atoms with Crippen molar-refractivity contribution in [2.75, 3.05) is 13.1 Å². The van der Waals surface area contributed by atoms with Crippen LogP contribution in [0.15, 0.2) is 54.6 Å². The lowest BCUT2D eigenvalue weighted by molar-refractivity contribution is -0.134. The molecule has 2 aromatic carbocycles. The van der Waals surface area contributed by atoms with Crippen LogP contribution >= 0.6 is 0 Å². The molecule has 3 amide bonds. The van der Waals surface area contributed by atoms with Crippen molar-refractivity contribution in [3.05, 3.63) is 71.3 Å². The number of fused-ring (bicyclic) bond motifs is 1. The Morgan fingerprint density at radius 1 is 1.07 bits per heavy atom. The van der Waals surface area contributed by atoms with Gasteiger partial charge in [-0.1, -0.05) is 55.5 Å². The summed E-state index contributed by atoms with van der Waals surface area (Å²) in [5, 5.41) is 2.80. The molecule has 1 fully saturated rings. The molecule has 6 nitrogen and oxygen atoms in total. The number of hydrogen-bond acceptors (Lipinski definition) is 3. The third-order valence-corrected chi connectivity index (χ3v) is 5.66. The van der Waals surface area contributed by atoms with Crippen LogP contribution in [0.5, 0.6) is 0 Å². The molecule has 2 aliphatic rings. The third-order valence-electron chi connectivity index (χ3n) is 5.66. The Kier molecular flexibility index (Phi) is 5.84. The van der Waals surface area contributed by atoms with Gasteiger partial charge in [-0.25, -0.2) is 0 Å². The summed E-state index contributed by atoms with van der Waals surface area (Å²) in [6.45, 7) is 3.10. The van der Waals surface area contributed by atoms with Crippen molar-refractivity contribution in [1.29, 1.82) is 0 Å². The molecule has 0 aromatic heterocycles. The van der Waals surface area contributed by atoms with Crippen LogP contribution in [0.1, 0.15) is 53.7 Å². The summed E-state index contributed by atoms with van der Waals surface area (Å²) in [4.78, 5) is 42.1. The number of amides is 3. The Hall–Kier alpha value is -3.15. The summed E-state index contributed by atoms with van der Waals surface area (Å²) >= 11 is 0. The monoisotopic (exact) mass is 405 g/mol. The van der Waals surface area contributed by atoms with Gasteiger partial charge >= 0.3 is 0 Å². The van der Waals surface area contributed by atoms with Gasteiger partial charge in [-0.2, -0.15) is 0 Å². The number of nitrogens with one attached hydrogen (secondary N) is 1. The number of carbonyl (C=O) groups is 3. The van der Waals surface area contributed by atoms with Crippen LogP contribution in [-0.4, -0.2) is 46.7 Å². The van der Waals surface area contributed by atoms with Gasteiger partial charge in [-0.05, 0) is 36.5 Å². The topological polar surface area (TPSA) is 69.7 Å². The maximum Gasteiger partial charge on any atom is 0.255 e. The average molecular weight is 405 g/mol. The zero-order valence-corrected chi connectivity index (χ0v) is 17.2. The summed E-state index contributed by atoms with van der Waals surface area (Å²) < 4.78 is 0. The first-order chi connectivity index (χ1) is 14.6. The first kappa shape index (κ1) is 20.1. The highest BCUT2D eigenvalue weighted by atomic mass is 16.2. The van der Waals surface area contributed by atoms with E-state index < -0.39 is 6.04 Å². The fourth-order valence-corrected chi connectivity index (χ4v) is 4.07. The molecule has 30 heavy (non-hydrogen) atoms. The first-order valence-electron chi connectivity index (χ1n) is 10.6. The minimum atomic E-state index is -0.650. The highest BCUT2D eigenvalue weighted by Gasteiger charge is 2.47. The molecule has 1 N–H and O–H groups in total. The Morgan fingerprint density at radius 2 is 1.77 bits per heavy atom. The van der Waals surface area contributed by atoms with Crippen molar-refractivity contribution in [3.63, 3.8) is 0 Å². The van der Waals surface area contributed by atoms with Crippen LogP contribution in [0.2, 0.25) is 0 Å². The van der Waals surface area contributed by atoms with Gasteiger partial charge in [0.1, 0.15) is 6.04 Å². The zero-order chi connectivity index (χ0) is 21.1. The molecule has 1 atom stereocenters. The molecule has 1 heterocycles. The van der Waals surface area contributed by atoms with E-state index in [1.54, 1.807) is 15.9 Å². The van der Waals surface area contributed by atoms with E-state index in [4.69, 9.17) is 0 Å². The lowest BCUT2D eigenvalue weighted by Gasteiger charge is -2.26. The summed E-state index contributed by atoms with van der Waals surface area (Å²) in [6, 6.07) is 16.6. The molecule has 2 aromatic rings. The van der Waals surface area contributed by atoms with Crippen molar-refractivity contribution in [2.24, 2.45) is 0 Å². The molecule has 6 heteroatoms. The number of nitrogens with zero attached hydrogens (tertiary/aromatic N) is 2. The fraction of sp³-hybridized carbons (Fsp3) is 0.375. The number of hydrogen-bond donors (Lipinski definition) is 1. The summed E-state index contributed by atoms with van der Waals surface area (Å²) in [5.41, 5.74) is 2.38. The second-order valence-corrected chi connectivity index (χ2v) is 7.95. The van der Waals surface area contributed by atoms with E-state index in [-0.39, 0.29) is 30.3 Å². The first-order valence-corrected chi connectivity index (χ1v) is 10.6. The van der Waals surface area contributed by atoms with Gasteiger partial charge in [0.25, 0.3) is 5.91 Å². The second-order valence-electron chi connectivity index (χ2n) is 7.95. The molecule has 1 aliphatic heterocycles. The van der Waals surface area contributed by atoms with Crippen LogP contribution in [0.25, 0.3) is 0 Å². The molecule has 4 rings (SSSR count). The number of rotatable bonds is 8. The van der Waals surface area contributed by atoms with E-state index in [1.165, 1.54) is 0 Å². The average Bonchev–Trinajstić information content (AvgIpc) is 3.56. The van der Waals surface area contributed by atoms with Crippen LogP contribution < -0.4 is 5.32 Å². The highest BCUT2D eigenvalue weighted by Crippen LogP contribution is 2.41. The summed E-state index contributed by atoms with van der Waals surface area (Å²) in [5.74, 6) is -0.495. The maximum absolute atomic E-state index is 13.1. The van der Waals surface area contributed by atoms with Gasteiger partial charge in [0.05, 0.1) is 6.54 Å². The van der Waals surface area contributed by atoms with Crippen molar-refractivity contribution in [1.82, 2.24) is 15.1 Å². The summed E-state index contributed by atoms with van der Waals surface area (Å²) in [6.07, 6.45) is 2.68. The van der Waals surface area contributed by atoms with E-state index in [2.05, 4.69) is 5.32 Å². The molecule has 1 aliphatic carbocycles. The number of benzene rings is 2. The molecule has 156 valence electrons. The van der Waals surface area contributed by atoms with Gasteiger partial charge in [0.2, 0.25) is 11.8 Å². The van der Waals surface area contributed by atoms with Gasteiger partial charge in [-0.15, -0.1) is 0 Å². The lowest BCUT2D eigenvalue weighted by Crippen LogP contribution is -2.45. The van der Waals surface area contributed by atoms with Gasteiger partial charge in [0, 0.05) is 24.7 Å². The van der Waals surface area contributed by atoms with Crippen molar-refractivity contribution in [3.8, 4) is 0 Å². The maximum atomic E-state index is 13.1. The SMILES string of the molecule is CCCN(Cc1ccccc1)C(=O)CNC(=O)C1c2ccccc2C(=O)N1C1CC1. The largest absolute Gasteiger partial charge is 0.345 e. The van der Waals surface area contributed by atoms with E-state index in [9.17, 15) is 14.4 Å². The standard InChI is InChI=1S/C24H27N3O3/c1-2-14-26(16-17-8-4-3-5-9-17)21(28)15-25-23(29)22-19-10-6-7-11-20(19)24(30)27(22)18-12-13-18/h3-11,18,22H,2,12-16H2,1H3,(H,25,29). The van der Waals surface area contributed by atoms with Gasteiger partial charge in [-0.3, -0.25) is 14.4 Å². The Balaban J connectivity index is 1.44. The van der Waals surface area contributed by atoms with E-state index in [1.807, 2.05) is 55.5 Å². The van der Waals surface area contributed by atoms with Crippen LogP contribution in [0.4, 0.5) is 0 Å². The van der Waals surface area contributed by atoms with E-state index >= 15 is 0 Å². The van der Waals surface area contributed by atoms with Crippen LogP contribution in [0.3, 0.4) is 0 Å². The Bertz CT molecular complexity index is 940. The minimum Gasteiger partial charge on any atom is -0.345 e. The van der Waals surface area contributed by atoms with Gasteiger partial charge in [0.15, 0.2) is 0 Å². The highest BCUT2D eigenvalue weighted by molar-refractivity contribution is 6.05. The molecule has 0 spiro atoms.